The average Bonchev–Trinajstić information content (AvgIpc) is 2.35. The molecule has 0 aliphatic heterocycles. The molecule has 0 aliphatic carbocycles. The minimum Gasteiger partial charge on any atom is -0.393 e. The third-order valence-electron chi connectivity index (χ3n) is 2.72. The number of nitrogen functional groups attached to an aromatic ring is 1. The Labute approximate surface area is 110 Å². The third-order valence-corrected chi connectivity index (χ3v) is 2.72. The second kappa shape index (κ2) is 5.66. The number of nitro groups is 1. The molecule has 0 bridgehead atoms. The van der Waals surface area contributed by atoms with Crippen molar-refractivity contribution in [2.45, 2.75) is 19.4 Å². The number of nitrogens with two attached hydrogens (primary N) is 1. The van der Waals surface area contributed by atoms with Crippen LogP contribution in [0.5, 0.6) is 0 Å². The van der Waals surface area contributed by atoms with Crippen molar-refractivity contribution < 1.29 is 14.5 Å². The summed E-state index contributed by atoms with van der Waals surface area (Å²) in [5.74, 6) is -0.552. The fourth-order valence-corrected chi connectivity index (χ4v) is 1.41. The number of hydrogen-bond donors (Lipinski definition) is 2. The van der Waals surface area contributed by atoms with Crippen LogP contribution in [0.25, 0.3) is 0 Å². The highest BCUT2D eigenvalue weighted by Crippen LogP contribution is 2.25. The lowest BCUT2D eigenvalue weighted by atomic mass is 10.1. The largest absolute Gasteiger partial charge is 0.393 e. The van der Waals surface area contributed by atoms with Crippen molar-refractivity contribution in [1.82, 2.24) is 5.32 Å². The highest BCUT2D eigenvalue weighted by molar-refractivity contribution is 6.00. The Morgan fingerprint density at radius 3 is 2.68 bits per heavy atom. The Bertz CT molecular complexity index is 500. The summed E-state index contributed by atoms with van der Waals surface area (Å²) in [6.45, 7) is 3.82. The van der Waals surface area contributed by atoms with E-state index in [9.17, 15) is 14.9 Å². The Balaban J connectivity index is 2.95. The number of nitrogens with one attached hydrogen (secondary N) is 1. The molecule has 0 spiro atoms. The topological polar surface area (TPSA) is 107 Å². The highest BCUT2D eigenvalue weighted by Gasteiger charge is 2.25. The number of benzene rings is 1. The zero-order valence-electron chi connectivity index (χ0n) is 11.1. The number of nitro benzene ring substituents is 1. The summed E-state index contributed by atoms with van der Waals surface area (Å²) in [7, 11) is 1.52. The first-order valence-corrected chi connectivity index (χ1v) is 5.65. The molecule has 1 aromatic carbocycles. The number of hydrogen-bond acceptors (Lipinski definition) is 5. The lowest BCUT2D eigenvalue weighted by Crippen LogP contribution is -2.39. The molecule has 0 aromatic heterocycles. The van der Waals surface area contributed by atoms with E-state index in [1.807, 2.05) is 0 Å². The molecule has 1 amide bonds. The number of nitrogens with zero attached hydrogens (tertiary/aromatic N) is 1. The maximum Gasteiger partial charge on any atom is 0.304 e. The second-order valence-electron chi connectivity index (χ2n) is 4.65. The Kier molecular flexibility index (Phi) is 4.44. The predicted molar refractivity (Wildman–Crippen MR) is 70.9 cm³/mol. The zero-order valence-corrected chi connectivity index (χ0v) is 11.1. The van der Waals surface area contributed by atoms with Gasteiger partial charge in [-0.15, -0.1) is 0 Å². The molecule has 0 unspecified atom stereocenters. The van der Waals surface area contributed by atoms with Gasteiger partial charge in [0.1, 0.15) is 11.3 Å². The number of anilines is 1. The molecular formula is C12H17N3O4. The van der Waals surface area contributed by atoms with Crippen molar-refractivity contribution in [3.63, 3.8) is 0 Å². The average molecular weight is 267 g/mol. The van der Waals surface area contributed by atoms with Gasteiger partial charge in [-0.25, -0.2) is 0 Å². The van der Waals surface area contributed by atoms with E-state index in [2.05, 4.69) is 5.32 Å². The van der Waals surface area contributed by atoms with Gasteiger partial charge in [0.15, 0.2) is 0 Å². The first-order chi connectivity index (χ1) is 8.78. The standard InChI is InChI=1S/C12H17N3O4/c1-12(2,19-3)7-14-11(16)8-5-4-6-9(13)10(8)15(17)18/h4-6H,7,13H2,1-3H3,(H,14,16). The van der Waals surface area contributed by atoms with Crippen LogP contribution in [-0.2, 0) is 4.74 Å². The van der Waals surface area contributed by atoms with Crippen LogP contribution in [0.15, 0.2) is 18.2 Å². The number of methoxy groups -OCH3 is 1. The first-order valence-electron chi connectivity index (χ1n) is 5.65. The summed E-state index contributed by atoms with van der Waals surface area (Å²) in [4.78, 5) is 22.2. The first kappa shape index (κ1) is 14.9. The quantitative estimate of drug-likeness (QED) is 0.475. The van der Waals surface area contributed by atoms with Gasteiger partial charge in [0, 0.05) is 13.7 Å². The van der Waals surface area contributed by atoms with Gasteiger partial charge in [0.2, 0.25) is 0 Å². The highest BCUT2D eigenvalue weighted by atomic mass is 16.6. The van der Waals surface area contributed by atoms with Gasteiger partial charge >= 0.3 is 5.69 Å². The van der Waals surface area contributed by atoms with Crippen LogP contribution in [-0.4, -0.2) is 30.1 Å². The molecule has 0 heterocycles. The molecule has 0 atom stereocenters. The molecule has 0 saturated carbocycles. The normalized spacial score (nSPS) is 11.1. The molecule has 7 nitrogen and oxygen atoms in total. The molecule has 1 rings (SSSR count). The molecular weight excluding hydrogens is 250 g/mol. The van der Waals surface area contributed by atoms with E-state index in [0.717, 1.165) is 0 Å². The molecule has 1 aromatic rings. The second-order valence-corrected chi connectivity index (χ2v) is 4.65. The fourth-order valence-electron chi connectivity index (χ4n) is 1.41. The number of ether oxygens (including phenoxy) is 1. The van der Waals surface area contributed by atoms with Gasteiger partial charge in [-0.05, 0) is 26.0 Å². The van der Waals surface area contributed by atoms with Crippen molar-refractivity contribution in [2.24, 2.45) is 0 Å². The minimum absolute atomic E-state index is 0.0383. The monoisotopic (exact) mass is 267 g/mol. The van der Waals surface area contributed by atoms with E-state index < -0.39 is 16.4 Å². The van der Waals surface area contributed by atoms with Crippen LogP contribution in [0.1, 0.15) is 24.2 Å². The fraction of sp³-hybridized carbons (Fsp3) is 0.417. The Morgan fingerprint density at radius 1 is 1.53 bits per heavy atom. The summed E-state index contributed by atoms with van der Waals surface area (Å²) in [5, 5.41) is 13.5. The van der Waals surface area contributed by atoms with Crippen molar-refractivity contribution in [3.8, 4) is 0 Å². The van der Waals surface area contributed by atoms with Gasteiger partial charge in [0.25, 0.3) is 5.91 Å². The summed E-state index contributed by atoms with van der Waals surface area (Å²) in [6, 6.07) is 4.25. The summed E-state index contributed by atoms with van der Waals surface area (Å²) in [5.41, 5.74) is 4.49. The van der Waals surface area contributed by atoms with E-state index in [0.29, 0.717) is 0 Å². The smallest absolute Gasteiger partial charge is 0.304 e. The SMILES string of the molecule is COC(C)(C)CNC(=O)c1cccc(N)c1[N+](=O)[O-]. The van der Waals surface area contributed by atoms with Gasteiger partial charge < -0.3 is 15.8 Å². The summed E-state index contributed by atoms with van der Waals surface area (Å²) < 4.78 is 5.15. The van der Waals surface area contributed by atoms with E-state index in [-0.39, 0.29) is 23.5 Å². The zero-order chi connectivity index (χ0) is 14.6. The number of rotatable bonds is 5. The van der Waals surface area contributed by atoms with Crippen LogP contribution >= 0.6 is 0 Å². The maximum absolute atomic E-state index is 12.0. The molecule has 3 N–H and O–H groups in total. The number of carbonyl (C=O) groups is 1. The lowest BCUT2D eigenvalue weighted by molar-refractivity contribution is -0.384. The number of carbonyl (C=O) groups excluding carboxylic acids is 1. The molecule has 104 valence electrons. The summed E-state index contributed by atoms with van der Waals surface area (Å²) >= 11 is 0. The molecule has 0 radical (unpaired) electrons. The van der Waals surface area contributed by atoms with Crippen LogP contribution in [0.2, 0.25) is 0 Å². The van der Waals surface area contributed by atoms with Gasteiger partial charge in [-0.3, -0.25) is 14.9 Å². The van der Waals surface area contributed by atoms with Crippen molar-refractivity contribution in [3.05, 3.63) is 33.9 Å². The number of amides is 1. The van der Waals surface area contributed by atoms with Crippen LogP contribution in [0, 0.1) is 10.1 Å². The molecule has 19 heavy (non-hydrogen) atoms. The minimum atomic E-state index is -0.661. The van der Waals surface area contributed by atoms with Gasteiger partial charge in [0.05, 0.1) is 10.5 Å². The van der Waals surface area contributed by atoms with Crippen molar-refractivity contribution >= 4 is 17.3 Å². The van der Waals surface area contributed by atoms with E-state index in [4.69, 9.17) is 10.5 Å². The van der Waals surface area contributed by atoms with Crippen molar-refractivity contribution in [2.75, 3.05) is 19.4 Å². The summed E-state index contributed by atoms with van der Waals surface area (Å²) in [6.07, 6.45) is 0. The van der Waals surface area contributed by atoms with Gasteiger partial charge in [-0.1, -0.05) is 6.07 Å². The van der Waals surface area contributed by atoms with Gasteiger partial charge in [-0.2, -0.15) is 0 Å². The molecule has 0 fully saturated rings. The Morgan fingerprint density at radius 2 is 2.16 bits per heavy atom. The number of para-hydroxylation sites is 1. The third kappa shape index (κ3) is 3.65. The molecule has 0 aliphatic rings. The lowest BCUT2D eigenvalue weighted by Gasteiger charge is -2.23. The predicted octanol–water partition coefficient (Wildman–Crippen LogP) is 1.33. The van der Waals surface area contributed by atoms with Crippen molar-refractivity contribution in [1.29, 1.82) is 0 Å². The maximum atomic E-state index is 12.0. The molecule has 7 heteroatoms. The molecule has 0 saturated heterocycles. The van der Waals surface area contributed by atoms with Crippen LogP contribution in [0.3, 0.4) is 0 Å². The van der Waals surface area contributed by atoms with E-state index in [1.165, 1.54) is 25.3 Å². The van der Waals surface area contributed by atoms with Crippen LogP contribution in [0.4, 0.5) is 11.4 Å². The van der Waals surface area contributed by atoms with E-state index in [1.54, 1.807) is 13.8 Å². The Hall–Kier alpha value is -2.15. The van der Waals surface area contributed by atoms with E-state index >= 15 is 0 Å². The van der Waals surface area contributed by atoms with Crippen LogP contribution < -0.4 is 11.1 Å².